The Balaban J connectivity index is 5.47. The zero-order chi connectivity index (χ0) is 80.3. The van der Waals surface area contributed by atoms with E-state index in [1.165, 1.54) is 19.3 Å². The number of phosphoric ester groups is 2. The van der Waals surface area contributed by atoms with E-state index in [1.807, 2.05) is 0 Å². The highest BCUT2D eigenvalue weighted by molar-refractivity contribution is 7.47. The first-order valence-electron chi connectivity index (χ1n) is 42.0. The Morgan fingerprint density at radius 2 is 0.473 bits per heavy atom. The number of aliphatic hydroxyl groups excluding tert-OH is 1. The molecule has 3 N–H and O–H groups in total. The molecule has 0 aliphatic carbocycles. The van der Waals surface area contributed by atoms with Crippen LogP contribution in [0.25, 0.3) is 0 Å². The molecule has 0 aromatic rings. The molecular weight excluding hydrogens is 1430 g/mol. The maximum atomic E-state index is 13.1. The molecule has 0 bridgehead atoms. The van der Waals surface area contributed by atoms with Crippen LogP contribution in [0.5, 0.6) is 0 Å². The summed E-state index contributed by atoms with van der Waals surface area (Å²) in [5, 5.41) is 10.7. The summed E-state index contributed by atoms with van der Waals surface area (Å²) in [5.41, 5.74) is 0. The molecule has 0 fully saturated rings. The monoisotopic (exact) mass is 1580 g/mol. The van der Waals surface area contributed by atoms with Crippen LogP contribution in [0.3, 0.4) is 0 Å². The highest BCUT2D eigenvalue weighted by Crippen LogP contribution is 2.45. The molecule has 0 aliphatic rings. The van der Waals surface area contributed by atoms with Gasteiger partial charge in [-0.3, -0.25) is 37.3 Å². The van der Waals surface area contributed by atoms with Gasteiger partial charge >= 0.3 is 39.5 Å². The maximum absolute atomic E-state index is 13.1. The Bertz CT molecular complexity index is 2800. The van der Waals surface area contributed by atoms with Crippen molar-refractivity contribution in [3.8, 4) is 0 Å². The molecule has 0 saturated heterocycles. The molecule has 0 aromatic carbocycles. The second-order valence-corrected chi connectivity index (χ2v) is 30.2. The van der Waals surface area contributed by atoms with Crippen molar-refractivity contribution in [2.45, 2.75) is 329 Å². The molecular formula is C91H148O17P2. The van der Waals surface area contributed by atoms with Crippen LogP contribution in [0, 0.1) is 0 Å². The van der Waals surface area contributed by atoms with Gasteiger partial charge in [-0.25, -0.2) is 9.13 Å². The largest absolute Gasteiger partial charge is 0.472 e. The number of allylic oxidation sites excluding steroid dienone is 30. The number of unbranched alkanes of at least 4 members (excludes halogenated alkanes) is 21. The van der Waals surface area contributed by atoms with E-state index < -0.39 is 97.5 Å². The standard InChI is InChI=1S/C91H148O17P2/c1-5-9-13-17-21-25-29-33-37-40-42-45-49-52-56-60-64-68-72-76-89(94)102-82-87(108-91(96)78-74-70-66-62-58-54-50-46-43-41-38-34-30-26-22-18-14-10-6-2)84-106-110(99,100)104-80-85(92)79-103-109(97,98)105-83-86(107-90(95)77-73-69-65-61-57-53-47-36-32-28-24-20-16-12-8-4)81-101-88(93)75-71-67-63-59-55-51-48-44-39-35-31-27-23-19-15-11-7-3/h9,11-13,15-16,21-28,33-39,42-43,45-48,51,57,61,85-87,92H,5-8,10,14,17-20,29-32,40-41,44,49-50,52-56,58-60,62-84H2,1-4H3,(H,97,98)(H,99,100)/b13-9-,15-11-,16-12-,25-21-,26-22-,27-23-,28-24-,37-33-,38-34-,39-35-,45-42-,46-43-,47-36-,51-48-,61-57-. The molecule has 5 unspecified atom stereocenters. The SMILES string of the molecule is CC/C=C\C/C=C\C/C=C\C/C=C\CCCCCCCCC(=O)OCC(COP(=O)(O)OCC(O)COP(=O)(O)OCC(COC(=O)CCCCCC/C=C\C/C=C\C/C=C\C/C=C\CC)OC(=O)CCCC/C=C\C/C=C\C/C=C\C/C=C\CC)OC(=O)CCCCCCCC/C=C\C/C=C\C/C=C\CCCCC. The summed E-state index contributed by atoms with van der Waals surface area (Å²) >= 11 is 0. The van der Waals surface area contributed by atoms with Gasteiger partial charge in [0.1, 0.15) is 19.3 Å². The van der Waals surface area contributed by atoms with Crippen molar-refractivity contribution < 1.29 is 80.2 Å². The lowest BCUT2D eigenvalue weighted by molar-refractivity contribution is -0.161. The van der Waals surface area contributed by atoms with Crippen molar-refractivity contribution in [2.24, 2.45) is 0 Å². The van der Waals surface area contributed by atoms with E-state index in [0.717, 1.165) is 205 Å². The van der Waals surface area contributed by atoms with Gasteiger partial charge in [-0.1, -0.05) is 287 Å². The number of phosphoric acid groups is 2. The lowest BCUT2D eigenvalue weighted by Crippen LogP contribution is -2.30. The molecule has 19 heteroatoms. The average molecular weight is 1580 g/mol. The molecule has 17 nitrogen and oxygen atoms in total. The Hall–Kier alpha value is -5.84. The minimum absolute atomic E-state index is 0.0300. The minimum Gasteiger partial charge on any atom is -0.462 e. The van der Waals surface area contributed by atoms with Gasteiger partial charge in [-0.05, 0) is 180 Å². The lowest BCUT2D eigenvalue weighted by Gasteiger charge is -2.21. The number of aliphatic hydroxyl groups is 1. The number of ether oxygens (including phenoxy) is 4. The van der Waals surface area contributed by atoms with Gasteiger partial charge in [-0.2, -0.15) is 0 Å². The van der Waals surface area contributed by atoms with Gasteiger partial charge in [-0.15, -0.1) is 0 Å². The third-order valence-corrected chi connectivity index (χ3v) is 18.7. The van der Waals surface area contributed by atoms with Crippen molar-refractivity contribution in [3.05, 3.63) is 182 Å². The number of hydrogen-bond donors (Lipinski definition) is 3. The Kier molecular flexibility index (Phi) is 76.9. The highest BCUT2D eigenvalue weighted by Gasteiger charge is 2.30. The summed E-state index contributed by atoms with van der Waals surface area (Å²) < 4.78 is 68.7. The van der Waals surface area contributed by atoms with Crippen molar-refractivity contribution in [3.63, 3.8) is 0 Å². The molecule has 0 spiro atoms. The average Bonchev–Trinajstić information content (AvgIpc) is 0.900. The number of rotatable bonds is 77. The van der Waals surface area contributed by atoms with E-state index in [2.05, 4.69) is 210 Å². The summed E-state index contributed by atoms with van der Waals surface area (Å²) in [5.74, 6) is -2.29. The van der Waals surface area contributed by atoms with Gasteiger partial charge in [0, 0.05) is 25.7 Å². The van der Waals surface area contributed by atoms with Crippen LogP contribution in [0.4, 0.5) is 0 Å². The zero-order valence-corrected chi connectivity index (χ0v) is 70.1. The van der Waals surface area contributed by atoms with Gasteiger partial charge in [0.15, 0.2) is 12.2 Å². The van der Waals surface area contributed by atoms with E-state index in [-0.39, 0.29) is 25.7 Å². The molecule has 0 aliphatic heterocycles. The van der Waals surface area contributed by atoms with Crippen molar-refractivity contribution in [2.75, 3.05) is 39.6 Å². The predicted molar refractivity (Wildman–Crippen MR) is 454 cm³/mol. The van der Waals surface area contributed by atoms with Crippen LogP contribution < -0.4 is 0 Å². The normalized spacial score (nSPS) is 14.7. The first kappa shape index (κ1) is 104. The van der Waals surface area contributed by atoms with E-state index in [9.17, 15) is 43.2 Å². The van der Waals surface area contributed by atoms with Gasteiger partial charge in [0.05, 0.1) is 26.4 Å². The second kappa shape index (κ2) is 81.2. The fourth-order valence-corrected chi connectivity index (χ4v) is 12.1. The first-order chi connectivity index (χ1) is 53.7. The van der Waals surface area contributed by atoms with Crippen molar-refractivity contribution in [1.29, 1.82) is 0 Å². The molecule has 0 aromatic heterocycles. The summed E-state index contributed by atoms with van der Waals surface area (Å²) in [7, 11) is -10.0. The highest BCUT2D eigenvalue weighted by atomic mass is 31.2. The van der Waals surface area contributed by atoms with Gasteiger partial charge in [0.25, 0.3) is 0 Å². The summed E-state index contributed by atoms with van der Waals surface area (Å²) in [6, 6.07) is 0. The van der Waals surface area contributed by atoms with Crippen LogP contribution in [0.15, 0.2) is 182 Å². The van der Waals surface area contributed by atoms with Crippen LogP contribution in [0.1, 0.15) is 310 Å². The van der Waals surface area contributed by atoms with E-state index in [1.54, 1.807) is 0 Å². The van der Waals surface area contributed by atoms with Crippen LogP contribution in [-0.2, 0) is 65.4 Å². The van der Waals surface area contributed by atoms with Crippen LogP contribution >= 0.6 is 15.6 Å². The fourth-order valence-electron chi connectivity index (χ4n) is 10.6. The molecule has 110 heavy (non-hydrogen) atoms. The lowest BCUT2D eigenvalue weighted by atomic mass is 10.1. The summed E-state index contributed by atoms with van der Waals surface area (Å²) in [6.07, 6.45) is 98.6. The third-order valence-electron chi connectivity index (χ3n) is 16.8. The van der Waals surface area contributed by atoms with Crippen molar-refractivity contribution >= 4 is 39.5 Å². The van der Waals surface area contributed by atoms with Crippen molar-refractivity contribution in [1.82, 2.24) is 0 Å². The Labute approximate surface area is 666 Å². The fraction of sp³-hybridized carbons (Fsp3) is 0.626. The number of carbonyl (C=O) groups is 4. The van der Waals surface area contributed by atoms with E-state index >= 15 is 0 Å². The van der Waals surface area contributed by atoms with Gasteiger partial charge in [0.2, 0.25) is 0 Å². The predicted octanol–water partition coefficient (Wildman–Crippen LogP) is 25.1. The molecule has 0 radical (unpaired) electrons. The Morgan fingerprint density at radius 3 is 0.745 bits per heavy atom. The number of hydrogen-bond acceptors (Lipinski definition) is 15. The van der Waals surface area contributed by atoms with E-state index in [0.29, 0.717) is 32.1 Å². The molecule has 0 rings (SSSR count). The molecule has 0 amide bonds. The van der Waals surface area contributed by atoms with Gasteiger partial charge < -0.3 is 33.8 Å². The second-order valence-electron chi connectivity index (χ2n) is 27.3. The topological polar surface area (TPSA) is 237 Å². The molecule has 624 valence electrons. The smallest absolute Gasteiger partial charge is 0.462 e. The number of esters is 4. The molecule has 0 saturated carbocycles. The first-order valence-corrected chi connectivity index (χ1v) is 45.0. The summed E-state index contributed by atoms with van der Waals surface area (Å²) in [4.78, 5) is 73.2. The maximum Gasteiger partial charge on any atom is 0.472 e. The summed E-state index contributed by atoms with van der Waals surface area (Å²) in [6.45, 7) is 4.40. The molecule has 5 atom stereocenters. The van der Waals surface area contributed by atoms with E-state index in [4.69, 9.17) is 37.0 Å². The van der Waals surface area contributed by atoms with Crippen LogP contribution in [0.2, 0.25) is 0 Å². The quantitative estimate of drug-likeness (QED) is 0.0169. The minimum atomic E-state index is -5.01. The van der Waals surface area contributed by atoms with Crippen LogP contribution in [-0.4, -0.2) is 96.7 Å². The third kappa shape index (κ3) is 80.2. The zero-order valence-electron chi connectivity index (χ0n) is 68.4. The Morgan fingerprint density at radius 1 is 0.264 bits per heavy atom. The molecule has 0 heterocycles. The number of carbonyl (C=O) groups excluding carboxylic acids is 4.